The highest BCUT2D eigenvalue weighted by Gasteiger charge is 2.47. The molecular weight excluding hydrogens is 337 g/mol. The second-order valence-electron chi connectivity index (χ2n) is 5.46. The molecule has 0 amide bonds. The molecule has 0 aromatic heterocycles. The maximum atomic E-state index is 13.6. The molecule has 134 valence electrons. The van der Waals surface area contributed by atoms with Crippen molar-refractivity contribution in [2.24, 2.45) is 5.92 Å². The summed E-state index contributed by atoms with van der Waals surface area (Å²) in [6.07, 6.45) is 0.551. The Morgan fingerprint density at radius 3 is 2.62 bits per heavy atom. The van der Waals surface area contributed by atoms with E-state index < -0.39 is 33.1 Å². The molecule has 3 atom stereocenters. The van der Waals surface area contributed by atoms with Crippen LogP contribution in [0.4, 0.5) is 4.39 Å². The number of sulfonamides is 1. The van der Waals surface area contributed by atoms with Crippen LogP contribution in [0, 0.1) is 11.7 Å². The van der Waals surface area contributed by atoms with Crippen molar-refractivity contribution in [2.45, 2.75) is 38.2 Å². The molecule has 3 unspecified atom stereocenters. The quantitative estimate of drug-likeness (QED) is 0.618. The van der Waals surface area contributed by atoms with Crippen LogP contribution in [0.1, 0.15) is 25.8 Å². The molecule has 0 radical (unpaired) electrons. The number of hydrogen-bond acceptors (Lipinski definition) is 6. The minimum Gasteiger partial charge on any atom is -0.466 e. The van der Waals surface area contributed by atoms with Gasteiger partial charge in [0.05, 0.1) is 6.61 Å². The number of carbonyl (C=O) groups excluding carboxylic acids is 1. The molecule has 1 aliphatic rings. The molecule has 2 rings (SSSR count). The Morgan fingerprint density at radius 1 is 1.29 bits per heavy atom. The standard InChI is InChI=1S/C15H22FN3O4S/c1-3-12-13(15(20)23-4-2)14(19-18-12)24(21,22)17-9-10-7-5-6-8-11(10)16/h5-8,12-14,17-19H,3-4,9H2,1-2H3. The van der Waals surface area contributed by atoms with Crippen LogP contribution < -0.4 is 15.6 Å². The van der Waals surface area contributed by atoms with Crippen molar-refractivity contribution in [3.63, 3.8) is 0 Å². The number of hydrogen-bond donors (Lipinski definition) is 3. The van der Waals surface area contributed by atoms with Crippen LogP contribution in [0.25, 0.3) is 0 Å². The van der Waals surface area contributed by atoms with Gasteiger partial charge in [0.15, 0.2) is 5.37 Å². The first kappa shape index (κ1) is 18.8. The van der Waals surface area contributed by atoms with Crippen LogP contribution in [-0.2, 0) is 26.1 Å². The first-order chi connectivity index (χ1) is 11.4. The summed E-state index contributed by atoms with van der Waals surface area (Å²) >= 11 is 0. The van der Waals surface area contributed by atoms with E-state index in [1.807, 2.05) is 6.92 Å². The van der Waals surface area contributed by atoms with Gasteiger partial charge in [0.1, 0.15) is 11.7 Å². The van der Waals surface area contributed by atoms with E-state index in [0.29, 0.717) is 6.42 Å². The molecule has 9 heteroatoms. The van der Waals surface area contributed by atoms with Gasteiger partial charge in [-0.25, -0.2) is 23.0 Å². The Bertz CT molecular complexity index is 683. The molecule has 0 saturated carbocycles. The average Bonchev–Trinajstić information content (AvgIpc) is 2.99. The molecule has 1 aromatic carbocycles. The summed E-state index contributed by atoms with van der Waals surface area (Å²) in [6.45, 7) is 3.47. The lowest BCUT2D eigenvalue weighted by Gasteiger charge is -2.21. The number of benzene rings is 1. The van der Waals surface area contributed by atoms with E-state index in [2.05, 4.69) is 15.6 Å². The number of hydrazine groups is 1. The van der Waals surface area contributed by atoms with Crippen molar-refractivity contribution >= 4 is 16.0 Å². The van der Waals surface area contributed by atoms with Gasteiger partial charge in [0.2, 0.25) is 10.0 Å². The normalized spacial score (nSPS) is 24.0. The van der Waals surface area contributed by atoms with E-state index in [-0.39, 0.29) is 24.8 Å². The summed E-state index contributed by atoms with van der Waals surface area (Å²) in [4.78, 5) is 12.1. The number of carbonyl (C=O) groups is 1. The van der Waals surface area contributed by atoms with Crippen molar-refractivity contribution in [3.8, 4) is 0 Å². The van der Waals surface area contributed by atoms with E-state index in [9.17, 15) is 17.6 Å². The van der Waals surface area contributed by atoms with Crippen LogP contribution in [0.3, 0.4) is 0 Å². The highest BCUT2D eigenvalue weighted by Crippen LogP contribution is 2.23. The Morgan fingerprint density at radius 2 is 2.00 bits per heavy atom. The first-order valence-corrected chi connectivity index (χ1v) is 9.34. The fraction of sp³-hybridized carbons (Fsp3) is 0.533. The maximum Gasteiger partial charge on any atom is 0.313 e. The summed E-state index contributed by atoms with van der Waals surface area (Å²) in [5.74, 6) is -1.96. The molecule has 24 heavy (non-hydrogen) atoms. The largest absolute Gasteiger partial charge is 0.466 e. The lowest BCUT2D eigenvalue weighted by molar-refractivity contribution is -0.148. The monoisotopic (exact) mass is 359 g/mol. The minimum atomic E-state index is -3.92. The van der Waals surface area contributed by atoms with Crippen LogP contribution in [0.15, 0.2) is 24.3 Å². The van der Waals surface area contributed by atoms with Gasteiger partial charge in [-0.3, -0.25) is 10.2 Å². The third kappa shape index (κ3) is 4.10. The predicted molar refractivity (Wildman–Crippen MR) is 86.4 cm³/mol. The fourth-order valence-electron chi connectivity index (χ4n) is 2.64. The average molecular weight is 359 g/mol. The molecule has 0 bridgehead atoms. The summed E-state index contributed by atoms with van der Waals surface area (Å²) in [5, 5.41) is -1.19. The van der Waals surface area contributed by atoms with E-state index in [1.165, 1.54) is 18.2 Å². The lowest BCUT2D eigenvalue weighted by atomic mass is 10.00. The highest BCUT2D eigenvalue weighted by atomic mass is 32.2. The van der Waals surface area contributed by atoms with Gasteiger partial charge in [-0.1, -0.05) is 25.1 Å². The van der Waals surface area contributed by atoms with Crippen molar-refractivity contribution in [1.29, 1.82) is 0 Å². The van der Waals surface area contributed by atoms with Gasteiger partial charge < -0.3 is 4.74 Å². The molecular formula is C15H22FN3O4S. The third-order valence-corrected chi connectivity index (χ3v) is 5.55. The number of halogens is 1. The Labute approximate surface area is 141 Å². The lowest BCUT2D eigenvalue weighted by Crippen LogP contribution is -2.47. The fourth-order valence-corrected chi connectivity index (χ4v) is 4.09. The minimum absolute atomic E-state index is 0.168. The summed E-state index contributed by atoms with van der Waals surface area (Å²) in [7, 11) is -3.92. The Hall–Kier alpha value is -1.55. The molecule has 1 heterocycles. The zero-order valence-corrected chi connectivity index (χ0v) is 14.4. The van der Waals surface area contributed by atoms with Gasteiger partial charge in [-0.15, -0.1) is 0 Å². The van der Waals surface area contributed by atoms with E-state index in [0.717, 1.165) is 0 Å². The first-order valence-electron chi connectivity index (χ1n) is 7.80. The zero-order valence-electron chi connectivity index (χ0n) is 13.6. The molecule has 0 aliphatic carbocycles. The molecule has 1 saturated heterocycles. The van der Waals surface area contributed by atoms with Crippen LogP contribution in [0.2, 0.25) is 0 Å². The van der Waals surface area contributed by atoms with E-state index >= 15 is 0 Å². The summed E-state index contributed by atoms with van der Waals surface area (Å²) < 4.78 is 46.1. The van der Waals surface area contributed by atoms with Crippen LogP contribution in [0.5, 0.6) is 0 Å². The number of rotatable bonds is 7. The second kappa shape index (κ2) is 8.02. The predicted octanol–water partition coefficient (Wildman–Crippen LogP) is 0.637. The molecule has 1 aliphatic heterocycles. The third-order valence-electron chi connectivity index (χ3n) is 3.93. The molecule has 7 nitrogen and oxygen atoms in total. The van der Waals surface area contributed by atoms with Crippen molar-refractivity contribution in [2.75, 3.05) is 6.61 Å². The molecule has 0 spiro atoms. The second-order valence-corrected chi connectivity index (χ2v) is 7.35. The maximum absolute atomic E-state index is 13.6. The van der Waals surface area contributed by atoms with Gasteiger partial charge in [-0.05, 0) is 19.4 Å². The SMILES string of the molecule is CCOC(=O)C1C(CC)NNC1S(=O)(=O)NCc1ccccc1F. The smallest absolute Gasteiger partial charge is 0.313 e. The van der Waals surface area contributed by atoms with Gasteiger partial charge >= 0.3 is 5.97 Å². The number of esters is 1. The number of nitrogens with one attached hydrogen (secondary N) is 3. The van der Waals surface area contributed by atoms with Gasteiger partial charge in [0.25, 0.3) is 0 Å². The van der Waals surface area contributed by atoms with Crippen LogP contribution in [-0.4, -0.2) is 32.4 Å². The number of ether oxygens (including phenoxy) is 1. The van der Waals surface area contributed by atoms with Crippen molar-refractivity contribution in [3.05, 3.63) is 35.6 Å². The van der Waals surface area contributed by atoms with Crippen LogP contribution >= 0.6 is 0 Å². The summed E-state index contributed by atoms with van der Waals surface area (Å²) in [6, 6.07) is 5.54. The van der Waals surface area contributed by atoms with Gasteiger partial charge in [-0.2, -0.15) is 0 Å². The highest BCUT2D eigenvalue weighted by molar-refractivity contribution is 7.90. The summed E-state index contributed by atoms with van der Waals surface area (Å²) in [5.41, 5.74) is 5.69. The Kier molecular flexibility index (Phi) is 6.27. The van der Waals surface area contributed by atoms with E-state index in [1.54, 1.807) is 13.0 Å². The molecule has 3 N–H and O–H groups in total. The zero-order chi connectivity index (χ0) is 17.7. The van der Waals surface area contributed by atoms with Crippen molar-refractivity contribution < 1.29 is 22.3 Å². The molecule has 1 fully saturated rings. The van der Waals surface area contributed by atoms with Crippen molar-refractivity contribution in [1.82, 2.24) is 15.6 Å². The van der Waals surface area contributed by atoms with Gasteiger partial charge in [0, 0.05) is 18.2 Å². The Balaban J connectivity index is 2.14. The van der Waals surface area contributed by atoms with E-state index in [4.69, 9.17) is 4.74 Å². The molecule has 1 aromatic rings. The topological polar surface area (TPSA) is 96.5 Å².